The van der Waals surface area contributed by atoms with Crippen molar-refractivity contribution in [2.75, 3.05) is 25.0 Å². The number of carboxylic acids is 1. The lowest BCUT2D eigenvalue weighted by Gasteiger charge is -2.37. The first-order chi connectivity index (χ1) is 15.2. The predicted molar refractivity (Wildman–Crippen MR) is 111 cm³/mol. The fourth-order valence-electron chi connectivity index (χ4n) is 3.77. The zero-order valence-corrected chi connectivity index (χ0v) is 18.4. The van der Waals surface area contributed by atoms with E-state index in [-0.39, 0.29) is 30.9 Å². The van der Waals surface area contributed by atoms with E-state index in [1.807, 2.05) is 0 Å². The minimum Gasteiger partial charge on any atom is -0.481 e. The molecule has 1 atom stereocenters. The Bertz CT molecular complexity index is 1030. The fourth-order valence-corrected chi connectivity index (χ4v) is 4.00. The van der Waals surface area contributed by atoms with Crippen molar-refractivity contribution in [3.8, 4) is 0 Å². The summed E-state index contributed by atoms with van der Waals surface area (Å²) in [5.41, 5.74) is -1.17. The molecule has 180 valence electrons. The van der Waals surface area contributed by atoms with E-state index >= 15 is 0 Å². The van der Waals surface area contributed by atoms with Crippen LogP contribution in [0, 0.1) is 5.92 Å². The highest BCUT2D eigenvalue weighted by molar-refractivity contribution is 6.31. The molecule has 1 aliphatic rings. The van der Waals surface area contributed by atoms with E-state index in [1.54, 1.807) is 11.8 Å². The molecule has 0 bridgehead atoms. The van der Waals surface area contributed by atoms with Gasteiger partial charge in [-0.05, 0) is 42.3 Å². The van der Waals surface area contributed by atoms with Gasteiger partial charge in [0, 0.05) is 32.4 Å². The number of anilines is 1. The zero-order chi connectivity index (χ0) is 24.7. The number of hydrogen-bond donors (Lipinski definition) is 1. The molecule has 1 fully saturated rings. The van der Waals surface area contributed by atoms with Crippen LogP contribution in [-0.4, -0.2) is 36.1 Å². The minimum atomic E-state index is -4.65. The van der Waals surface area contributed by atoms with E-state index in [0.717, 1.165) is 18.2 Å². The number of benzene rings is 2. The van der Waals surface area contributed by atoms with Gasteiger partial charge in [-0.2, -0.15) is 26.3 Å². The van der Waals surface area contributed by atoms with Gasteiger partial charge in [-0.1, -0.05) is 23.7 Å². The molecule has 33 heavy (non-hydrogen) atoms. The maximum atomic E-state index is 13.5. The van der Waals surface area contributed by atoms with E-state index in [9.17, 15) is 31.1 Å². The number of alkyl halides is 6. The van der Waals surface area contributed by atoms with Crippen molar-refractivity contribution < 1.29 is 36.2 Å². The number of hydrogen-bond acceptors (Lipinski definition) is 3. The van der Waals surface area contributed by atoms with Crippen LogP contribution in [-0.2, 0) is 23.7 Å². The Morgan fingerprint density at radius 2 is 1.70 bits per heavy atom. The van der Waals surface area contributed by atoms with E-state index in [4.69, 9.17) is 16.7 Å². The summed E-state index contributed by atoms with van der Waals surface area (Å²) in [5.74, 6) is -1.60. The van der Waals surface area contributed by atoms with E-state index in [0.29, 0.717) is 5.56 Å². The second kappa shape index (κ2) is 9.06. The highest BCUT2D eigenvalue weighted by Crippen LogP contribution is 2.39. The predicted octanol–water partition coefficient (Wildman–Crippen LogP) is 6.09. The van der Waals surface area contributed by atoms with Gasteiger partial charge < -0.3 is 10.0 Å². The van der Waals surface area contributed by atoms with Crippen molar-refractivity contribution in [3.63, 3.8) is 0 Å². The summed E-state index contributed by atoms with van der Waals surface area (Å²) in [6.45, 7) is 1.88. The van der Waals surface area contributed by atoms with Crippen LogP contribution in [0.15, 0.2) is 36.4 Å². The Morgan fingerprint density at radius 3 is 2.24 bits per heavy atom. The van der Waals surface area contributed by atoms with Gasteiger partial charge in [-0.15, -0.1) is 0 Å². The van der Waals surface area contributed by atoms with Gasteiger partial charge in [0.2, 0.25) is 0 Å². The first-order valence-electron chi connectivity index (χ1n) is 9.93. The Morgan fingerprint density at radius 1 is 1.09 bits per heavy atom. The summed E-state index contributed by atoms with van der Waals surface area (Å²) in [4.78, 5) is 14.1. The van der Waals surface area contributed by atoms with Crippen LogP contribution in [0.25, 0.3) is 0 Å². The molecule has 0 amide bonds. The third kappa shape index (κ3) is 5.55. The molecule has 1 N–H and O–H groups in total. The van der Waals surface area contributed by atoms with Crippen molar-refractivity contribution in [2.24, 2.45) is 5.92 Å². The smallest absolute Gasteiger partial charge is 0.417 e. The SMILES string of the molecule is CC(c1ccc(C(F)(F)F)c(CN2CC(C(=O)O)C2)c1)N(C)c1ccc(Cl)c(C(F)(F)F)c1. The molecule has 0 aromatic heterocycles. The molecule has 2 aromatic carbocycles. The summed E-state index contributed by atoms with van der Waals surface area (Å²) in [6.07, 6.45) is -9.25. The third-order valence-electron chi connectivity index (χ3n) is 5.86. The molecule has 11 heteroatoms. The molecule has 2 aromatic rings. The van der Waals surface area contributed by atoms with Crippen LogP contribution < -0.4 is 4.90 Å². The quantitative estimate of drug-likeness (QED) is 0.493. The van der Waals surface area contributed by atoms with Crippen LogP contribution in [0.3, 0.4) is 0 Å². The molecule has 0 spiro atoms. The van der Waals surface area contributed by atoms with Crippen LogP contribution in [0.5, 0.6) is 0 Å². The topological polar surface area (TPSA) is 43.8 Å². The summed E-state index contributed by atoms with van der Waals surface area (Å²) in [6, 6.07) is 6.50. The first kappa shape index (κ1) is 25.2. The molecule has 4 nitrogen and oxygen atoms in total. The lowest BCUT2D eigenvalue weighted by atomic mass is 9.95. The number of aliphatic carboxylic acids is 1. The molecular weight excluding hydrogens is 474 g/mol. The van der Waals surface area contributed by atoms with E-state index in [2.05, 4.69) is 0 Å². The van der Waals surface area contributed by atoms with Gasteiger partial charge in [-0.3, -0.25) is 9.69 Å². The van der Waals surface area contributed by atoms with Crippen LogP contribution in [0.1, 0.15) is 35.2 Å². The molecule has 1 saturated heterocycles. The van der Waals surface area contributed by atoms with E-state index in [1.165, 1.54) is 30.1 Å². The van der Waals surface area contributed by atoms with Gasteiger partial charge in [-0.25, -0.2) is 0 Å². The highest BCUT2D eigenvalue weighted by Gasteiger charge is 2.37. The largest absolute Gasteiger partial charge is 0.481 e. The summed E-state index contributed by atoms with van der Waals surface area (Å²) in [7, 11) is 1.54. The minimum absolute atomic E-state index is 0.0174. The van der Waals surface area contributed by atoms with Crippen LogP contribution in [0.2, 0.25) is 5.02 Å². The molecular formula is C22H21ClF6N2O2. The number of rotatable bonds is 6. The van der Waals surface area contributed by atoms with Crippen molar-refractivity contribution >= 4 is 23.3 Å². The van der Waals surface area contributed by atoms with Crippen molar-refractivity contribution in [1.82, 2.24) is 4.90 Å². The number of likely N-dealkylation sites (tertiary alicyclic amines) is 1. The molecule has 0 saturated carbocycles. The number of carbonyl (C=O) groups is 1. The van der Waals surface area contributed by atoms with Gasteiger partial charge in [0.1, 0.15) is 0 Å². The van der Waals surface area contributed by atoms with Gasteiger partial charge in [0.25, 0.3) is 0 Å². The molecule has 0 aliphatic carbocycles. The molecule has 3 rings (SSSR count). The Labute approximate surface area is 191 Å². The standard InChI is InChI=1S/C22H21ClF6N2O2/c1-12(30(2)16-4-6-19(23)18(8-16)22(27,28)29)13-3-5-17(21(24,25)26)14(7-13)9-31-10-15(11-31)20(32)33/h3-8,12,15H,9-11H2,1-2H3,(H,32,33). The first-order valence-corrected chi connectivity index (χ1v) is 10.3. The number of halogens is 7. The number of carboxylic acid groups (broad SMARTS) is 1. The lowest BCUT2D eigenvalue weighted by molar-refractivity contribution is -0.148. The Balaban J connectivity index is 1.88. The van der Waals surface area contributed by atoms with Crippen LogP contribution in [0.4, 0.5) is 32.0 Å². The summed E-state index contributed by atoms with van der Waals surface area (Å²) >= 11 is 5.67. The molecule has 0 radical (unpaired) electrons. The Hall–Kier alpha value is -2.46. The maximum absolute atomic E-state index is 13.5. The van der Waals surface area contributed by atoms with Crippen LogP contribution >= 0.6 is 11.6 Å². The number of nitrogens with zero attached hydrogens (tertiary/aromatic N) is 2. The van der Waals surface area contributed by atoms with Crippen molar-refractivity contribution in [3.05, 3.63) is 63.7 Å². The molecule has 1 aliphatic heterocycles. The fraction of sp³-hybridized carbons (Fsp3) is 0.409. The monoisotopic (exact) mass is 494 g/mol. The summed E-state index contributed by atoms with van der Waals surface area (Å²) in [5, 5.41) is 8.54. The maximum Gasteiger partial charge on any atom is 0.417 e. The Kier molecular flexibility index (Phi) is 6.91. The van der Waals surface area contributed by atoms with Crippen molar-refractivity contribution in [2.45, 2.75) is 31.9 Å². The average molecular weight is 495 g/mol. The van der Waals surface area contributed by atoms with E-state index < -0.39 is 46.4 Å². The highest BCUT2D eigenvalue weighted by atomic mass is 35.5. The third-order valence-corrected chi connectivity index (χ3v) is 6.19. The average Bonchev–Trinajstić information content (AvgIpc) is 2.67. The summed E-state index contributed by atoms with van der Waals surface area (Å²) < 4.78 is 80.2. The van der Waals surface area contributed by atoms with Gasteiger partial charge in [0.15, 0.2) is 0 Å². The molecule has 1 heterocycles. The molecule has 1 unspecified atom stereocenters. The lowest BCUT2D eigenvalue weighted by Crippen LogP contribution is -2.49. The van der Waals surface area contributed by atoms with Gasteiger partial charge in [0.05, 0.1) is 28.1 Å². The zero-order valence-electron chi connectivity index (χ0n) is 17.6. The van der Waals surface area contributed by atoms with Gasteiger partial charge >= 0.3 is 18.3 Å². The second-order valence-electron chi connectivity index (χ2n) is 8.09. The second-order valence-corrected chi connectivity index (χ2v) is 8.50. The normalized spacial score (nSPS) is 16.4. The van der Waals surface area contributed by atoms with Crippen molar-refractivity contribution in [1.29, 1.82) is 0 Å².